The van der Waals surface area contributed by atoms with Crippen molar-refractivity contribution in [1.82, 2.24) is 4.90 Å². The molecule has 1 saturated heterocycles. The molecule has 0 bridgehead atoms. The summed E-state index contributed by atoms with van der Waals surface area (Å²) < 4.78 is 0. The van der Waals surface area contributed by atoms with Gasteiger partial charge in [-0.1, -0.05) is 13.3 Å². The molecule has 5 heteroatoms. The summed E-state index contributed by atoms with van der Waals surface area (Å²) in [7, 11) is 0. The zero-order valence-electron chi connectivity index (χ0n) is 8.74. The van der Waals surface area contributed by atoms with Crippen molar-refractivity contribution in [3.8, 4) is 0 Å². The molecule has 0 amide bonds. The molecule has 14 heavy (non-hydrogen) atoms. The van der Waals surface area contributed by atoms with Gasteiger partial charge in [0.1, 0.15) is 0 Å². The van der Waals surface area contributed by atoms with Crippen LogP contribution in [-0.2, 0) is 0 Å². The quantitative estimate of drug-likeness (QED) is 0.371. The molecule has 2 N–H and O–H groups in total. The number of unbranched alkanes of at least 4 members (excludes halogenated alkanes) is 1. The third kappa shape index (κ3) is 5.29. The predicted octanol–water partition coefficient (Wildman–Crippen LogP) is 1.77. The molecule has 1 heterocycles. The van der Waals surface area contributed by atoms with Crippen LogP contribution < -0.4 is 5.73 Å². The van der Waals surface area contributed by atoms with E-state index in [1.807, 2.05) is 11.8 Å². The largest absolute Gasteiger partial charge is 0.370 e. The first-order chi connectivity index (χ1) is 6.34. The van der Waals surface area contributed by atoms with Crippen LogP contribution in [0.3, 0.4) is 0 Å². The Labute approximate surface area is 108 Å². The molecule has 0 aromatic carbocycles. The molecule has 0 aliphatic carbocycles. The lowest BCUT2D eigenvalue weighted by atomic mass is 10.3. The first-order valence-electron chi connectivity index (χ1n) is 4.97. The van der Waals surface area contributed by atoms with E-state index in [9.17, 15) is 0 Å². The lowest BCUT2D eigenvalue weighted by Crippen LogP contribution is -2.42. The monoisotopic (exact) mass is 329 g/mol. The molecule has 0 atom stereocenters. The molecule has 0 aromatic heterocycles. The van der Waals surface area contributed by atoms with Crippen molar-refractivity contribution in [2.75, 3.05) is 31.1 Å². The maximum absolute atomic E-state index is 5.86. The maximum Gasteiger partial charge on any atom is 0.191 e. The minimum absolute atomic E-state index is 0. The molecule has 84 valence electrons. The fourth-order valence-corrected chi connectivity index (χ4v) is 2.15. The van der Waals surface area contributed by atoms with Gasteiger partial charge in [0.15, 0.2) is 5.96 Å². The molecular weight excluding hydrogens is 309 g/mol. The Bertz CT molecular complexity index is 169. The highest BCUT2D eigenvalue weighted by molar-refractivity contribution is 14.0. The number of thioether (sulfide) groups is 1. The zero-order chi connectivity index (χ0) is 9.52. The summed E-state index contributed by atoms with van der Waals surface area (Å²) in [6, 6.07) is 0. The first kappa shape index (κ1) is 14.3. The van der Waals surface area contributed by atoms with E-state index in [4.69, 9.17) is 5.73 Å². The number of rotatable bonds is 3. The zero-order valence-corrected chi connectivity index (χ0v) is 11.9. The molecule has 3 nitrogen and oxygen atoms in total. The van der Waals surface area contributed by atoms with Crippen molar-refractivity contribution in [3.05, 3.63) is 0 Å². The molecule has 1 rings (SSSR count). The van der Waals surface area contributed by atoms with Crippen LogP contribution in [0.15, 0.2) is 4.99 Å². The van der Waals surface area contributed by atoms with Gasteiger partial charge in [-0.05, 0) is 6.42 Å². The third-order valence-corrected chi connectivity index (χ3v) is 3.06. The van der Waals surface area contributed by atoms with Gasteiger partial charge in [-0.2, -0.15) is 11.8 Å². The second kappa shape index (κ2) is 8.64. The first-order valence-corrected chi connectivity index (χ1v) is 6.12. The van der Waals surface area contributed by atoms with E-state index >= 15 is 0 Å². The van der Waals surface area contributed by atoms with Gasteiger partial charge in [0.05, 0.1) is 0 Å². The van der Waals surface area contributed by atoms with E-state index in [1.165, 1.54) is 17.9 Å². The Morgan fingerprint density at radius 3 is 2.64 bits per heavy atom. The summed E-state index contributed by atoms with van der Waals surface area (Å²) in [6.45, 7) is 5.17. The van der Waals surface area contributed by atoms with Crippen molar-refractivity contribution in [3.63, 3.8) is 0 Å². The summed E-state index contributed by atoms with van der Waals surface area (Å²) >= 11 is 1.99. The second-order valence-corrected chi connectivity index (χ2v) is 4.42. The number of hydrogen-bond donors (Lipinski definition) is 1. The number of hydrogen-bond acceptors (Lipinski definition) is 2. The molecule has 0 unspecified atom stereocenters. The lowest BCUT2D eigenvalue weighted by Gasteiger charge is -2.27. The summed E-state index contributed by atoms with van der Waals surface area (Å²) in [5, 5.41) is 0. The van der Waals surface area contributed by atoms with Crippen LogP contribution >= 0.6 is 35.7 Å². The van der Waals surface area contributed by atoms with Crippen LogP contribution in [0.1, 0.15) is 19.8 Å². The average molecular weight is 329 g/mol. The third-order valence-electron chi connectivity index (χ3n) is 2.12. The topological polar surface area (TPSA) is 41.6 Å². The lowest BCUT2D eigenvalue weighted by molar-refractivity contribution is 0.455. The van der Waals surface area contributed by atoms with Gasteiger partial charge < -0.3 is 10.6 Å². The normalized spacial score (nSPS) is 17.8. The Kier molecular flexibility index (Phi) is 8.86. The Hall–Kier alpha value is 0.350. The van der Waals surface area contributed by atoms with E-state index in [-0.39, 0.29) is 24.0 Å². The average Bonchev–Trinajstić information content (AvgIpc) is 2.19. The van der Waals surface area contributed by atoms with Crippen LogP contribution in [0.2, 0.25) is 0 Å². The minimum Gasteiger partial charge on any atom is -0.370 e. The summed E-state index contributed by atoms with van der Waals surface area (Å²) in [5.74, 6) is 3.11. The van der Waals surface area contributed by atoms with Crippen LogP contribution in [0.5, 0.6) is 0 Å². The molecule has 0 saturated carbocycles. The highest BCUT2D eigenvalue weighted by Crippen LogP contribution is 2.08. The Morgan fingerprint density at radius 2 is 2.07 bits per heavy atom. The van der Waals surface area contributed by atoms with Crippen molar-refractivity contribution in [1.29, 1.82) is 0 Å². The molecule has 1 aliphatic heterocycles. The van der Waals surface area contributed by atoms with Gasteiger partial charge in [-0.25, -0.2) is 0 Å². The summed E-state index contributed by atoms with van der Waals surface area (Å²) in [6.07, 6.45) is 2.33. The predicted molar refractivity (Wildman–Crippen MR) is 75.7 cm³/mol. The molecular formula is C9H20IN3S. The second-order valence-electron chi connectivity index (χ2n) is 3.19. The van der Waals surface area contributed by atoms with Gasteiger partial charge in [-0.3, -0.25) is 4.99 Å². The highest BCUT2D eigenvalue weighted by atomic mass is 127. The van der Waals surface area contributed by atoms with Crippen molar-refractivity contribution in [2.24, 2.45) is 10.7 Å². The van der Waals surface area contributed by atoms with Gasteiger partial charge in [-0.15, -0.1) is 24.0 Å². The number of nitrogens with zero attached hydrogens (tertiary/aromatic N) is 2. The van der Waals surface area contributed by atoms with Crippen LogP contribution in [0, 0.1) is 0 Å². The smallest absolute Gasteiger partial charge is 0.191 e. The van der Waals surface area contributed by atoms with Crippen LogP contribution in [-0.4, -0.2) is 42.0 Å². The van der Waals surface area contributed by atoms with Crippen LogP contribution in [0.25, 0.3) is 0 Å². The van der Waals surface area contributed by atoms with Crippen LogP contribution in [0.4, 0.5) is 0 Å². The highest BCUT2D eigenvalue weighted by Gasteiger charge is 2.11. The number of aliphatic imine (C=N–C) groups is 1. The molecule has 0 aromatic rings. The van der Waals surface area contributed by atoms with E-state index < -0.39 is 0 Å². The maximum atomic E-state index is 5.86. The van der Waals surface area contributed by atoms with E-state index in [1.54, 1.807) is 0 Å². The molecule has 1 aliphatic rings. The fraction of sp³-hybridized carbons (Fsp3) is 0.889. The van der Waals surface area contributed by atoms with Crippen molar-refractivity contribution < 1.29 is 0 Å². The van der Waals surface area contributed by atoms with Crippen molar-refractivity contribution >= 4 is 41.7 Å². The number of halogens is 1. The van der Waals surface area contributed by atoms with Gasteiger partial charge in [0, 0.05) is 31.1 Å². The number of guanidine groups is 1. The van der Waals surface area contributed by atoms with Crippen molar-refractivity contribution in [2.45, 2.75) is 19.8 Å². The Balaban J connectivity index is 0.00000169. The van der Waals surface area contributed by atoms with E-state index in [0.717, 1.165) is 32.0 Å². The molecule has 0 spiro atoms. The Morgan fingerprint density at radius 1 is 1.43 bits per heavy atom. The summed E-state index contributed by atoms with van der Waals surface area (Å²) in [4.78, 5) is 6.54. The standard InChI is InChI=1S/C9H19N3S.HI/c1-2-3-4-11-9(10)12-5-7-13-8-6-12;/h2-8H2,1H3,(H2,10,11);1H. The SMILES string of the molecule is CCCCN=C(N)N1CCSCC1.I. The minimum atomic E-state index is 0. The van der Waals surface area contributed by atoms with Gasteiger partial charge in [0.2, 0.25) is 0 Å². The number of nitrogens with two attached hydrogens (primary N) is 1. The molecule has 0 radical (unpaired) electrons. The van der Waals surface area contributed by atoms with Gasteiger partial charge in [0.25, 0.3) is 0 Å². The summed E-state index contributed by atoms with van der Waals surface area (Å²) in [5.41, 5.74) is 5.86. The van der Waals surface area contributed by atoms with E-state index in [2.05, 4.69) is 16.8 Å². The fourth-order valence-electron chi connectivity index (χ4n) is 1.24. The van der Waals surface area contributed by atoms with E-state index in [0.29, 0.717) is 0 Å². The van der Waals surface area contributed by atoms with Gasteiger partial charge >= 0.3 is 0 Å². The molecule has 1 fully saturated rings.